The van der Waals surface area contributed by atoms with Gasteiger partial charge in [-0.15, -0.1) is 0 Å². The Balaban J connectivity index is 0.000000131. The van der Waals surface area contributed by atoms with E-state index in [-0.39, 0.29) is 88.8 Å². The Kier molecular flexibility index (Phi) is 31.4. The van der Waals surface area contributed by atoms with Gasteiger partial charge in [0.25, 0.3) is 22.2 Å². The third kappa shape index (κ3) is 22.3. The number of rotatable bonds is 39. The van der Waals surface area contributed by atoms with Gasteiger partial charge in [-0.2, -0.15) is 0 Å². The fourth-order valence-corrected chi connectivity index (χ4v) is 17.1. The molecule has 4 aliphatic rings. The second-order valence-corrected chi connectivity index (χ2v) is 37.2. The lowest BCUT2D eigenvalue weighted by Crippen LogP contribution is -2.41. The standard InChI is InChI=1S/C28H33N5O4.C26H30N6O4.C25H28N6O4.C24H25ClN6O4/c1-18(2)33-25-23(27(35)31(28(33)36)14-7-15-34)32(16-20-8-5-4-6-9-20)24(30-25)22-13-10-19(3)29-26(22)37-17-21-11-12-21;1-17(2)32-23-21(25(34)30(26(32)35)13-6-14-33)31(15-18-7-4-3-5-8-18)22(29-23)20-24(28-12-11-27-20)36-16-19-9-10-19;1-2-29-22-20(24(33)30(25(29)34)13-6-14-32)31(15-17-7-4-3-5-8-17)21(28-22)19-23(27-12-11-26-19)35-16-18-9-10-18;1-29-21-19(23(33)30(24(29)34)11-2-12-32)31(13-15-5-7-17(25)8-6-15)20(28-21)18-22(27-10-9-26-18)35-14-16-3-4-16/h4-6,8-10,13,18,21,34H,7,11-12,14-17H2,1-3H3;3-5,7-8,11-12,17,19,33H,6,9-10,13-16H2,1-2H3;3-5,7-8,11-12,18,32H,2,6,9-10,13-16H2,1H3;5-10,16,32H,2-4,11-14H2,1H3. The number of aliphatic hydroxyl groups is 4. The minimum atomic E-state index is -0.497. The highest BCUT2D eigenvalue weighted by Gasteiger charge is 2.35. The molecular weight excluding hydrogens is 1850 g/mol. The van der Waals surface area contributed by atoms with Crippen LogP contribution < -0.4 is 63.9 Å². The molecule has 4 aliphatic carbocycles. The van der Waals surface area contributed by atoms with Crippen LogP contribution in [0, 0.1) is 30.6 Å². The number of nitrogens with zero attached hydrogens (tertiary/aromatic N) is 23. The lowest BCUT2D eigenvalue weighted by molar-refractivity contribution is 0.277. The normalized spacial score (nSPS) is 13.5. The second-order valence-electron chi connectivity index (χ2n) is 36.8. The predicted molar refractivity (Wildman–Crippen MR) is 538 cm³/mol. The number of aromatic nitrogens is 23. The van der Waals surface area contributed by atoms with Crippen molar-refractivity contribution >= 4 is 56.3 Å². The smallest absolute Gasteiger partial charge is 0.332 e. The number of pyridine rings is 1. The highest BCUT2D eigenvalue weighted by Crippen LogP contribution is 2.39. The van der Waals surface area contributed by atoms with E-state index in [4.69, 9.17) is 50.5 Å². The van der Waals surface area contributed by atoms with Crippen LogP contribution in [0.1, 0.15) is 152 Å². The summed E-state index contributed by atoms with van der Waals surface area (Å²) < 4.78 is 42.0. The molecule has 12 heterocycles. The largest absolute Gasteiger partial charge is 0.477 e. The van der Waals surface area contributed by atoms with Crippen molar-refractivity contribution in [2.24, 2.45) is 30.7 Å². The van der Waals surface area contributed by atoms with Crippen molar-refractivity contribution in [3.8, 4) is 69.5 Å². The van der Waals surface area contributed by atoms with Crippen LogP contribution in [0.15, 0.2) is 203 Å². The Morgan fingerprint density at radius 1 is 0.343 bits per heavy atom. The van der Waals surface area contributed by atoms with Gasteiger partial charge in [-0.1, -0.05) is 115 Å². The van der Waals surface area contributed by atoms with Gasteiger partial charge in [-0.3, -0.25) is 55.7 Å². The summed E-state index contributed by atoms with van der Waals surface area (Å²) in [5.41, 5.74) is 5.35. The molecule has 0 spiro atoms. The van der Waals surface area contributed by atoms with E-state index in [0.717, 1.165) is 83.9 Å². The van der Waals surface area contributed by atoms with E-state index in [2.05, 4.69) is 34.9 Å². The van der Waals surface area contributed by atoms with Crippen LogP contribution in [-0.4, -0.2) is 183 Å². The summed E-state index contributed by atoms with van der Waals surface area (Å²) in [6.45, 7) is 15.2. The first-order chi connectivity index (χ1) is 69.5. The highest BCUT2D eigenvalue weighted by atomic mass is 35.5. The summed E-state index contributed by atoms with van der Waals surface area (Å²) in [5, 5.41) is 37.9. The van der Waals surface area contributed by atoms with Gasteiger partial charge in [-0.25, -0.2) is 74.0 Å². The third-order valence-electron chi connectivity index (χ3n) is 25.3. The van der Waals surface area contributed by atoms with Crippen molar-refractivity contribution in [2.45, 2.75) is 190 Å². The summed E-state index contributed by atoms with van der Waals surface area (Å²) >= 11 is 6.07. The Labute approximate surface area is 824 Å². The zero-order valence-corrected chi connectivity index (χ0v) is 81.7. The number of ether oxygens (including phenoxy) is 4. The van der Waals surface area contributed by atoms with Gasteiger partial charge in [0.05, 0.1) is 32.0 Å². The van der Waals surface area contributed by atoms with Gasteiger partial charge in [0.15, 0.2) is 79.2 Å². The molecule has 4 saturated carbocycles. The van der Waals surface area contributed by atoms with Crippen LogP contribution in [0.4, 0.5) is 0 Å². The lowest BCUT2D eigenvalue weighted by atomic mass is 10.2. The van der Waals surface area contributed by atoms with Gasteiger partial charge < -0.3 is 57.6 Å². The highest BCUT2D eigenvalue weighted by molar-refractivity contribution is 6.30. The molecule has 0 aliphatic heterocycles. The van der Waals surface area contributed by atoms with Crippen LogP contribution in [0.5, 0.6) is 23.5 Å². The second kappa shape index (κ2) is 45.0. The SMILES string of the molecule is CC(C)n1c(=O)n(CCCO)c(=O)c2c1nc(-c1nccnc1OCC1CC1)n2Cc1ccccc1.CCn1c(=O)n(CCCO)c(=O)c2c1nc(-c1nccnc1OCC1CC1)n2Cc1ccccc1.Cc1ccc(-c2nc3c(c(=O)n(CCCO)c(=O)n3C(C)C)n2Cc2ccccc2)c(OCC2CC2)n1.Cn1c(=O)n(CCCO)c(=O)c2c1nc(-c1nccnc1OCC1CC1)n2Cc1ccc(Cl)cc1. The molecule has 20 rings (SSSR count). The zero-order valence-electron chi connectivity index (χ0n) is 80.9. The first-order valence-corrected chi connectivity index (χ1v) is 49.0. The van der Waals surface area contributed by atoms with Gasteiger partial charge in [-0.05, 0) is 189 Å². The minimum Gasteiger partial charge on any atom is -0.477 e. The number of benzene rings is 4. The molecule has 0 unspecified atom stereocenters. The van der Waals surface area contributed by atoms with E-state index in [1.165, 1.54) is 27.4 Å². The average Bonchev–Trinajstić information content (AvgIpc) is 1.56. The van der Waals surface area contributed by atoms with Gasteiger partial charge >= 0.3 is 22.8 Å². The molecule has 0 atom stereocenters. The number of imidazole rings is 4. The topological polar surface area (TPSA) is 455 Å². The summed E-state index contributed by atoms with van der Waals surface area (Å²) in [4.78, 5) is 158. The molecule has 4 N–H and O–H groups in total. The molecule has 12 aromatic heterocycles. The molecule has 4 fully saturated rings. The van der Waals surface area contributed by atoms with E-state index >= 15 is 0 Å². The summed E-state index contributed by atoms with van der Waals surface area (Å²) in [7, 11) is 1.57. The summed E-state index contributed by atoms with van der Waals surface area (Å²) in [6, 6.07) is 40.0. The molecule has 0 radical (unpaired) electrons. The minimum absolute atomic E-state index is 0.0975. The van der Waals surface area contributed by atoms with Gasteiger partial charge in [0.1, 0.15) is 5.82 Å². The summed E-state index contributed by atoms with van der Waals surface area (Å²) in [5.74, 6) is 5.37. The van der Waals surface area contributed by atoms with E-state index in [9.17, 15) is 58.8 Å². The molecule has 39 nitrogen and oxygen atoms in total. The number of aliphatic hydroxyl groups excluding tert-OH is 4. The van der Waals surface area contributed by atoms with E-state index in [1.54, 1.807) is 74.6 Å². The van der Waals surface area contributed by atoms with Crippen molar-refractivity contribution in [1.82, 2.24) is 110 Å². The molecule has 0 bridgehead atoms. The number of hydrogen-bond donors (Lipinski definition) is 4. The molecule has 16 aromatic rings. The van der Waals surface area contributed by atoms with Crippen molar-refractivity contribution in [2.75, 3.05) is 52.9 Å². The van der Waals surface area contributed by atoms with E-state index in [0.29, 0.717) is 204 Å². The number of aryl methyl sites for hydroxylation is 3. The Morgan fingerprint density at radius 2 is 0.650 bits per heavy atom. The average molecular weight is 1970 g/mol. The molecule has 746 valence electrons. The Morgan fingerprint density at radius 3 is 1.01 bits per heavy atom. The Hall–Kier alpha value is -14.8. The molecule has 0 saturated heterocycles. The first-order valence-electron chi connectivity index (χ1n) is 48.7. The van der Waals surface area contributed by atoms with Crippen molar-refractivity contribution < 1.29 is 39.4 Å². The number of hydrogen-bond acceptors (Lipinski definition) is 27. The van der Waals surface area contributed by atoms with Crippen LogP contribution >= 0.6 is 11.6 Å². The van der Waals surface area contributed by atoms with Crippen molar-refractivity contribution in [3.63, 3.8) is 0 Å². The number of fused-ring (bicyclic) bond motifs is 4. The fraction of sp³-hybridized carbons (Fsp3) is 0.408. The molecule has 4 aromatic carbocycles. The zero-order chi connectivity index (χ0) is 100. The van der Waals surface area contributed by atoms with Gasteiger partial charge in [0, 0.05) is 152 Å². The Bertz CT molecular complexity index is 7780. The van der Waals surface area contributed by atoms with Crippen LogP contribution in [-0.2, 0) is 66.0 Å². The van der Waals surface area contributed by atoms with E-state index in [1.807, 2.05) is 161 Å². The maximum absolute atomic E-state index is 13.8. The van der Waals surface area contributed by atoms with Crippen LogP contribution in [0.25, 0.3) is 90.6 Å². The monoisotopic (exact) mass is 1970 g/mol. The van der Waals surface area contributed by atoms with Crippen molar-refractivity contribution in [1.29, 1.82) is 0 Å². The number of halogens is 1. The molecule has 40 heteroatoms. The van der Waals surface area contributed by atoms with Crippen LogP contribution in [0.2, 0.25) is 5.02 Å². The van der Waals surface area contributed by atoms with E-state index < -0.39 is 45.0 Å². The lowest BCUT2D eigenvalue weighted by Gasteiger charge is -2.15. The molecule has 143 heavy (non-hydrogen) atoms. The fourth-order valence-electron chi connectivity index (χ4n) is 17.0. The maximum atomic E-state index is 13.8. The predicted octanol–water partition coefficient (Wildman–Crippen LogP) is 10.4. The van der Waals surface area contributed by atoms with Crippen molar-refractivity contribution in [3.05, 3.63) is 281 Å². The molecular formula is C103H116ClN23O16. The molecule has 0 amide bonds. The van der Waals surface area contributed by atoms with Crippen LogP contribution in [0.3, 0.4) is 0 Å². The summed E-state index contributed by atoms with van der Waals surface area (Å²) in [6.07, 6.45) is 19.7. The third-order valence-corrected chi connectivity index (χ3v) is 25.5. The maximum Gasteiger partial charge on any atom is 0.332 e. The first kappa shape index (κ1) is 99.8. The quantitative estimate of drug-likeness (QED) is 0.0278. The van der Waals surface area contributed by atoms with Gasteiger partial charge in [0.2, 0.25) is 23.5 Å².